The summed E-state index contributed by atoms with van der Waals surface area (Å²) in [6.07, 6.45) is -3.72. The lowest BCUT2D eigenvalue weighted by molar-refractivity contribution is -0.142. The third-order valence-corrected chi connectivity index (χ3v) is 5.26. The second-order valence-corrected chi connectivity index (χ2v) is 7.06. The Balaban J connectivity index is 1.87. The van der Waals surface area contributed by atoms with Crippen LogP contribution in [0.2, 0.25) is 0 Å². The molecule has 2 aliphatic rings. The molecule has 0 bridgehead atoms. The van der Waals surface area contributed by atoms with E-state index in [1.807, 2.05) is 7.05 Å². The minimum atomic E-state index is -4.48. The first-order valence-electron chi connectivity index (χ1n) is 8.60. The second-order valence-electron chi connectivity index (χ2n) is 7.06. The third-order valence-electron chi connectivity index (χ3n) is 5.26. The average Bonchev–Trinajstić information content (AvgIpc) is 2.96. The quantitative estimate of drug-likeness (QED) is 0.886. The lowest BCUT2D eigenvalue weighted by Crippen LogP contribution is -2.42. The first-order valence-corrected chi connectivity index (χ1v) is 8.60. The molecule has 1 N–H and O–H groups in total. The molecule has 2 fully saturated rings. The third kappa shape index (κ3) is 3.82. The fraction of sp³-hybridized carbons (Fsp3) is 0.611. The zero-order valence-electron chi connectivity index (χ0n) is 14.2. The number of hydrogen-bond acceptors (Lipinski definition) is 3. The monoisotopic (exact) mass is 356 g/mol. The number of nitrogens with zero attached hydrogens (tertiary/aromatic N) is 2. The van der Waals surface area contributed by atoms with E-state index >= 15 is 0 Å². The number of piperidine rings is 1. The van der Waals surface area contributed by atoms with Crippen molar-refractivity contribution in [1.82, 2.24) is 9.80 Å². The highest BCUT2D eigenvalue weighted by Crippen LogP contribution is 2.41. The molecule has 3 rings (SSSR count). The number of aliphatic hydroxyl groups is 1. The van der Waals surface area contributed by atoms with Crippen LogP contribution in [-0.4, -0.2) is 53.6 Å². The number of amides is 1. The Morgan fingerprint density at radius 3 is 2.48 bits per heavy atom. The van der Waals surface area contributed by atoms with Gasteiger partial charge in [0.15, 0.2) is 0 Å². The number of β-amino-alcohol motifs (C(OH)–C–C–N with tert-alkyl or cyclic N) is 1. The van der Waals surface area contributed by atoms with Gasteiger partial charge in [0, 0.05) is 12.5 Å². The number of halogens is 3. The van der Waals surface area contributed by atoms with Crippen molar-refractivity contribution in [2.75, 3.05) is 26.7 Å². The smallest absolute Gasteiger partial charge is 0.391 e. The van der Waals surface area contributed by atoms with Crippen LogP contribution in [0.15, 0.2) is 24.3 Å². The van der Waals surface area contributed by atoms with Crippen LogP contribution >= 0.6 is 0 Å². The molecule has 4 nitrogen and oxygen atoms in total. The minimum Gasteiger partial charge on any atom is -0.391 e. The highest BCUT2D eigenvalue weighted by Gasteiger charge is 2.42. The van der Waals surface area contributed by atoms with Gasteiger partial charge in [0.1, 0.15) is 0 Å². The van der Waals surface area contributed by atoms with Crippen molar-refractivity contribution in [1.29, 1.82) is 0 Å². The van der Waals surface area contributed by atoms with Crippen LogP contribution in [0.3, 0.4) is 0 Å². The van der Waals surface area contributed by atoms with Crippen molar-refractivity contribution in [3.8, 4) is 0 Å². The lowest BCUT2D eigenvalue weighted by atomic mass is 9.93. The van der Waals surface area contributed by atoms with Crippen LogP contribution < -0.4 is 0 Å². The molecule has 0 spiro atoms. The number of hydrogen-bond donors (Lipinski definition) is 1. The Bertz CT molecular complexity index is 627. The van der Waals surface area contributed by atoms with Gasteiger partial charge in [-0.3, -0.25) is 4.79 Å². The predicted octanol–water partition coefficient (Wildman–Crippen LogP) is 2.68. The molecule has 2 heterocycles. The molecular formula is C18H23F3N2O2. The highest BCUT2D eigenvalue weighted by atomic mass is 19.4. The van der Waals surface area contributed by atoms with E-state index in [2.05, 4.69) is 4.90 Å². The number of benzene rings is 1. The number of carbonyl (C=O) groups is 1. The van der Waals surface area contributed by atoms with Gasteiger partial charge in [0.2, 0.25) is 5.91 Å². The van der Waals surface area contributed by atoms with Gasteiger partial charge in [-0.05, 0) is 51.0 Å². The summed E-state index contributed by atoms with van der Waals surface area (Å²) in [5.74, 6) is -0.311. The zero-order valence-corrected chi connectivity index (χ0v) is 14.2. The molecule has 0 unspecified atom stereocenters. The average molecular weight is 356 g/mol. The number of aliphatic hydroxyl groups excluding tert-OH is 1. The molecule has 0 saturated carbocycles. The van der Waals surface area contributed by atoms with Crippen molar-refractivity contribution >= 4 is 5.91 Å². The molecule has 1 aromatic rings. The standard InChI is InChI=1S/C18H23F3N2O2/c1-22-8-6-12(7-9-22)17(25)23-11-13(24)10-16(23)14-4-2-3-5-15(14)18(19,20)21/h2-5,12-13,16,24H,6-11H2,1H3/t13-,16-/m0/s1. The molecule has 0 aromatic heterocycles. The van der Waals surface area contributed by atoms with Crippen molar-refractivity contribution in [3.05, 3.63) is 35.4 Å². The Morgan fingerprint density at radius 2 is 1.84 bits per heavy atom. The van der Waals surface area contributed by atoms with Gasteiger partial charge >= 0.3 is 6.18 Å². The van der Waals surface area contributed by atoms with Crippen LogP contribution in [0.4, 0.5) is 13.2 Å². The predicted molar refractivity (Wildman–Crippen MR) is 86.7 cm³/mol. The van der Waals surface area contributed by atoms with Gasteiger partial charge in [0.25, 0.3) is 0 Å². The van der Waals surface area contributed by atoms with Crippen molar-refractivity contribution in [2.24, 2.45) is 5.92 Å². The van der Waals surface area contributed by atoms with E-state index in [0.717, 1.165) is 19.2 Å². The number of carbonyl (C=O) groups excluding carboxylic acids is 1. The van der Waals surface area contributed by atoms with Crippen LogP contribution in [-0.2, 0) is 11.0 Å². The summed E-state index contributed by atoms with van der Waals surface area (Å²) in [6.45, 7) is 1.70. The van der Waals surface area contributed by atoms with Gasteiger partial charge in [-0.1, -0.05) is 18.2 Å². The number of alkyl halides is 3. The Hall–Kier alpha value is -1.60. The molecule has 2 saturated heterocycles. The molecular weight excluding hydrogens is 333 g/mol. The van der Waals surface area contributed by atoms with E-state index in [1.54, 1.807) is 6.07 Å². The molecule has 1 amide bonds. The summed E-state index contributed by atoms with van der Waals surface area (Å²) >= 11 is 0. The van der Waals surface area contributed by atoms with E-state index in [1.165, 1.54) is 17.0 Å². The van der Waals surface area contributed by atoms with Gasteiger partial charge in [-0.15, -0.1) is 0 Å². The minimum absolute atomic E-state index is 0.0767. The van der Waals surface area contributed by atoms with E-state index in [4.69, 9.17) is 0 Å². The largest absolute Gasteiger partial charge is 0.416 e. The van der Waals surface area contributed by atoms with E-state index in [9.17, 15) is 23.1 Å². The maximum Gasteiger partial charge on any atom is 0.416 e. The van der Waals surface area contributed by atoms with Gasteiger partial charge in [-0.2, -0.15) is 13.2 Å². The number of rotatable bonds is 2. The fourth-order valence-electron chi connectivity index (χ4n) is 3.89. The SMILES string of the molecule is CN1CCC(C(=O)N2C[C@@H](O)C[C@H]2c2ccccc2C(F)(F)F)CC1. The summed E-state index contributed by atoms with van der Waals surface area (Å²) in [6, 6.07) is 4.63. The fourth-order valence-corrected chi connectivity index (χ4v) is 3.89. The topological polar surface area (TPSA) is 43.8 Å². The Labute approximate surface area is 145 Å². The second kappa shape index (κ2) is 6.96. The maximum absolute atomic E-state index is 13.4. The van der Waals surface area contributed by atoms with Crippen molar-refractivity contribution < 1.29 is 23.1 Å². The van der Waals surface area contributed by atoms with E-state index in [-0.39, 0.29) is 30.4 Å². The van der Waals surface area contributed by atoms with E-state index < -0.39 is 23.9 Å². The maximum atomic E-state index is 13.4. The van der Waals surface area contributed by atoms with Crippen LogP contribution in [0.5, 0.6) is 0 Å². The van der Waals surface area contributed by atoms with Gasteiger partial charge in [0.05, 0.1) is 17.7 Å². The molecule has 2 aliphatic heterocycles. The molecule has 0 radical (unpaired) electrons. The lowest BCUT2D eigenvalue weighted by Gasteiger charge is -2.34. The molecule has 25 heavy (non-hydrogen) atoms. The van der Waals surface area contributed by atoms with Gasteiger partial charge < -0.3 is 14.9 Å². The first kappa shape index (κ1) is 18.2. The molecule has 1 aromatic carbocycles. The van der Waals surface area contributed by atoms with Crippen molar-refractivity contribution in [3.63, 3.8) is 0 Å². The summed E-state index contributed by atoms with van der Waals surface area (Å²) in [5, 5.41) is 10.0. The summed E-state index contributed by atoms with van der Waals surface area (Å²) in [4.78, 5) is 16.5. The summed E-state index contributed by atoms with van der Waals surface area (Å²) in [5.41, 5.74) is -0.650. The van der Waals surface area contributed by atoms with Gasteiger partial charge in [-0.25, -0.2) is 0 Å². The molecule has 7 heteroatoms. The normalized spacial score (nSPS) is 26.2. The van der Waals surface area contributed by atoms with Crippen LogP contribution in [0.1, 0.15) is 36.4 Å². The Morgan fingerprint density at radius 1 is 1.20 bits per heavy atom. The number of likely N-dealkylation sites (tertiary alicyclic amines) is 2. The first-order chi connectivity index (χ1) is 11.8. The molecule has 2 atom stereocenters. The van der Waals surface area contributed by atoms with Crippen LogP contribution in [0.25, 0.3) is 0 Å². The zero-order chi connectivity index (χ0) is 18.2. The Kier molecular flexibility index (Phi) is 5.06. The van der Waals surface area contributed by atoms with Crippen molar-refractivity contribution in [2.45, 2.75) is 37.6 Å². The van der Waals surface area contributed by atoms with Crippen LogP contribution in [0, 0.1) is 5.92 Å². The molecule has 138 valence electrons. The summed E-state index contributed by atoms with van der Waals surface area (Å²) in [7, 11) is 1.99. The molecule has 0 aliphatic carbocycles. The summed E-state index contributed by atoms with van der Waals surface area (Å²) < 4.78 is 40.1. The highest BCUT2D eigenvalue weighted by molar-refractivity contribution is 5.80. The van der Waals surface area contributed by atoms with E-state index in [0.29, 0.717) is 12.8 Å².